The van der Waals surface area contributed by atoms with Gasteiger partial charge in [0.1, 0.15) is 5.82 Å². The number of aromatic nitrogens is 2. The van der Waals surface area contributed by atoms with Crippen LogP contribution in [0.3, 0.4) is 0 Å². The van der Waals surface area contributed by atoms with E-state index in [1.165, 1.54) is 11.1 Å². The van der Waals surface area contributed by atoms with Crippen molar-refractivity contribution in [1.82, 2.24) is 15.3 Å². The number of aromatic amines is 1. The Morgan fingerprint density at radius 3 is 2.68 bits per heavy atom. The van der Waals surface area contributed by atoms with Crippen molar-refractivity contribution in [3.63, 3.8) is 0 Å². The molecule has 0 aliphatic carbocycles. The average Bonchev–Trinajstić information content (AvgIpc) is 2.77. The van der Waals surface area contributed by atoms with Crippen molar-refractivity contribution in [2.75, 3.05) is 0 Å². The molecule has 2 aromatic rings. The number of hydrogen-bond acceptors (Lipinski definition) is 3. The van der Waals surface area contributed by atoms with Crippen molar-refractivity contribution in [3.05, 3.63) is 29.1 Å². The van der Waals surface area contributed by atoms with Gasteiger partial charge in [-0.05, 0) is 44.0 Å². The van der Waals surface area contributed by atoms with Crippen LogP contribution < -0.4 is 5.32 Å². The molecule has 1 aromatic heterocycles. The fourth-order valence-electron chi connectivity index (χ4n) is 2.33. The molecule has 1 heterocycles. The van der Waals surface area contributed by atoms with Crippen molar-refractivity contribution < 1.29 is 14.7 Å². The third-order valence-electron chi connectivity index (χ3n) is 3.62. The molecule has 0 aliphatic rings. The summed E-state index contributed by atoms with van der Waals surface area (Å²) in [6.45, 7) is 5.77. The summed E-state index contributed by atoms with van der Waals surface area (Å²) in [5.41, 5.74) is 4.25. The van der Waals surface area contributed by atoms with Crippen LogP contribution in [-0.4, -0.2) is 33.0 Å². The van der Waals surface area contributed by atoms with Crippen LogP contribution in [0.25, 0.3) is 11.0 Å². The van der Waals surface area contributed by atoms with Crippen molar-refractivity contribution in [2.24, 2.45) is 0 Å². The second kappa shape index (κ2) is 6.60. The number of carbonyl (C=O) groups is 2. The summed E-state index contributed by atoms with van der Waals surface area (Å²) in [4.78, 5) is 30.0. The SMILES string of the molecule is Cc1cc2nc(CCC(=O)N[C@H](C)CC(=O)O)[nH]c2cc1C. The molecule has 6 heteroatoms. The zero-order chi connectivity index (χ0) is 16.3. The maximum Gasteiger partial charge on any atom is 0.305 e. The highest BCUT2D eigenvalue weighted by Crippen LogP contribution is 2.17. The second-order valence-electron chi connectivity index (χ2n) is 5.70. The second-order valence-corrected chi connectivity index (χ2v) is 5.70. The number of aliphatic carboxylic acids is 1. The quantitative estimate of drug-likeness (QED) is 0.761. The topological polar surface area (TPSA) is 95.1 Å². The minimum Gasteiger partial charge on any atom is -0.481 e. The van der Waals surface area contributed by atoms with Gasteiger partial charge in [0, 0.05) is 18.9 Å². The molecule has 0 bridgehead atoms. The van der Waals surface area contributed by atoms with Gasteiger partial charge in [-0.3, -0.25) is 9.59 Å². The van der Waals surface area contributed by atoms with Crippen molar-refractivity contribution >= 4 is 22.9 Å². The van der Waals surface area contributed by atoms with Gasteiger partial charge >= 0.3 is 5.97 Å². The van der Waals surface area contributed by atoms with Crippen molar-refractivity contribution in [1.29, 1.82) is 0 Å². The third-order valence-corrected chi connectivity index (χ3v) is 3.62. The fourth-order valence-corrected chi connectivity index (χ4v) is 2.33. The van der Waals surface area contributed by atoms with E-state index in [9.17, 15) is 9.59 Å². The highest BCUT2D eigenvalue weighted by atomic mass is 16.4. The maximum absolute atomic E-state index is 11.8. The minimum atomic E-state index is -0.921. The first kappa shape index (κ1) is 16.0. The Bertz CT molecular complexity index is 667. The number of aryl methyl sites for hydroxylation is 3. The summed E-state index contributed by atoms with van der Waals surface area (Å²) >= 11 is 0. The molecule has 1 aromatic carbocycles. The van der Waals surface area contributed by atoms with Crippen molar-refractivity contribution in [2.45, 2.75) is 46.1 Å². The van der Waals surface area contributed by atoms with Gasteiger partial charge < -0.3 is 15.4 Å². The van der Waals surface area contributed by atoms with Gasteiger partial charge in [-0.2, -0.15) is 0 Å². The smallest absolute Gasteiger partial charge is 0.305 e. The summed E-state index contributed by atoms with van der Waals surface area (Å²) in [5, 5.41) is 11.3. The Morgan fingerprint density at radius 2 is 2.00 bits per heavy atom. The first-order chi connectivity index (χ1) is 10.3. The van der Waals surface area contributed by atoms with Gasteiger partial charge in [-0.1, -0.05) is 0 Å². The molecule has 6 nitrogen and oxygen atoms in total. The lowest BCUT2D eigenvalue weighted by molar-refractivity contribution is -0.137. The highest BCUT2D eigenvalue weighted by Gasteiger charge is 2.12. The van der Waals surface area contributed by atoms with Crippen LogP contribution in [0.15, 0.2) is 12.1 Å². The van der Waals surface area contributed by atoms with E-state index in [2.05, 4.69) is 21.4 Å². The molecule has 3 N–H and O–H groups in total. The molecule has 0 spiro atoms. The number of carbonyl (C=O) groups excluding carboxylic acids is 1. The number of nitrogens with one attached hydrogen (secondary N) is 2. The standard InChI is InChI=1S/C16H21N3O3/c1-9-6-12-13(7-10(9)2)19-14(18-12)4-5-15(20)17-11(3)8-16(21)22/h6-7,11H,4-5,8H2,1-3H3,(H,17,20)(H,18,19)(H,21,22)/t11-/m1/s1. The number of nitrogens with zero attached hydrogens (tertiary/aromatic N) is 1. The summed E-state index contributed by atoms with van der Waals surface area (Å²) in [6, 6.07) is 3.71. The molecule has 1 amide bonds. The molecule has 22 heavy (non-hydrogen) atoms. The number of carboxylic acid groups (broad SMARTS) is 1. The van der Waals surface area contributed by atoms with Crippen LogP contribution in [0, 0.1) is 13.8 Å². The lowest BCUT2D eigenvalue weighted by atomic mass is 10.1. The number of benzene rings is 1. The van der Waals surface area contributed by atoms with Crippen LogP contribution in [0.5, 0.6) is 0 Å². The van der Waals surface area contributed by atoms with Gasteiger partial charge in [-0.15, -0.1) is 0 Å². The summed E-state index contributed by atoms with van der Waals surface area (Å²) in [6.07, 6.45) is 0.703. The number of imidazole rings is 1. The fraction of sp³-hybridized carbons (Fsp3) is 0.438. The Hall–Kier alpha value is -2.37. The van der Waals surface area contributed by atoms with Gasteiger partial charge in [0.15, 0.2) is 0 Å². The zero-order valence-electron chi connectivity index (χ0n) is 13.1. The zero-order valence-corrected chi connectivity index (χ0v) is 13.1. The van der Waals surface area contributed by atoms with Crippen LogP contribution >= 0.6 is 0 Å². The molecular weight excluding hydrogens is 282 g/mol. The van der Waals surface area contributed by atoms with Crippen molar-refractivity contribution in [3.8, 4) is 0 Å². The minimum absolute atomic E-state index is 0.0745. The predicted octanol–water partition coefficient (Wildman–Crippen LogP) is 2.09. The van der Waals surface area contributed by atoms with Crippen LogP contribution in [0.4, 0.5) is 0 Å². The number of H-pyrrole nitrogens is 1. The molecule has 1 atom stereocenters. The Labute approximate surface area is 128 Å². The first-order valence-electron chi connectivity index (χ1n) is 7.32. The third kappa shape index (κ3) is 4.07. The number of hydrogen-bond donors (Lipinski definition) is 3. The molecular formula is C16H21N3O3. The molecule has 118 valence electrons. The molecule has 0 saturated carbocycles. The van der Waals surface area contributed by atoms with Gasteiger partial charge in [0.25, 0.3) is 0 Å². The molecule has 0 radical (unpaired) electrons. The predicted molar refractivity (Wildman–Crippen MR) is 83.7 cm³/mol. The van der Waals surface area contributed by atoms with E-state index in [1.807, 2.05) is 19.9 Å². The molecule has 0 saturated heterocycles. The Balaban J connectivity index is 1.94. The van der Waals surface area contributed by atoms with Gasteiger partial charge in [0.2, 0.25) is 5.91 Å². The Morgan fingerprint density at radius 1 is 1.32 bits per heavy atom. The molecule has 2 rings (SSSR count). The van der Waals surface area contributed by atoms with Crippen LogP contribution in [0.1, 0.15) is 36.7 Å². The van der Waals surface area contributed by atoms with E-state index < -0.39 is 5.97 Å². The van der Waals surface area contributed by atoms with E-state index in [4.69, 9.17) is 5.11 Å². The monoisotopic (exact) mass is 303 g/mol. The maximum atomic E-state index is 11.8. The van der Waals surface area contributed by atoms with E-state index in [0.717, 1.165) is 16.9 Å². The number of amides is 1. The van der Waals surface area contributed by atoms with E-state index >= 15 is 0 Å². The molecule has 0 aliphatic heterocycles. The van der Waals surface area contributed by atoms with E-state index in [0.29, 0.717) is 6.42 Å². The normalized spacial score (nSPS) is 12.3. The largest absolute Gasteiger partial charge is 0.481 e. The number of fused-ring (bicyclic) bond motifs is 1. The molecule has 0 fully saturated rings. The van der Waals surface area contributed by atoms with Crippen LogP contribution in [-0.2, 0) is 16.0 Å². The number of carboxylic acids is 1. The van der Waals surface area contributed by atoms with E-state index in [1.54, 1.807) is 6.92 Å². The lowest BCUT2D eigenvalue weighted by Gasteiger charge is -2.10. The summed E-state index contributed by atoms with van der Waals surface area (Å²) in [5.74, 6) is -0.321. The highest BCUT2D eigenvalue weighted by molar-refractivity contribution is 5.79. The number of rotatable bonds is 6. The lowest BCUT2D eigenvalue weighted by Crippen LogP contribution is -2.34. The van der Waals surface area contributed by atoms with E-state index in [-0.39, 0.29) is 24.8 Å². The van der Waals surface area contributed by atoms with Gasteiger partial charge in [-0.25, -0.2) is 4.98 Å². The Kier molecular flexibility index (Phi) is 4.80. The summed E-state index contributed by atoms with van der Waals surface area (Å²) in [7, 11) is 0. The summed E-state index contributed by atoms with van der Waals surface area (Å²) < 4.78 is 0. The van der Waals surface area contributed by atoms with Crippen LogP contribution in [0.2, 0.25) is 0 Å². The first-order valence-corrected chi connectivity index (χ1v) is 7.32. The average molecular weight is 303 g/mol. The molecule has 0 unspecified atom stereocenters. The van der Waals surface area contributed by atoms with Gasteiger partial charge in [0.05, 0.1) is 17.5 Å².